The Hall–Kier alpha value is -2.52. The van der Waals surface area contributed by atoms with Crippen LogP contribution in [0.4, 0.5) is 0 Å². The zero-order chi connectivity index (χ0) is 18.5. The van der Waals surface area contributed by atoms with Gasteiger partial charge >= 0.3 is 0 Å². The molecule has 0 unspecified atom stereocenters. The van der Waals surface area contributed by atoms with Crippen molar-refractivity contribution in [2.24, 2.45) is 0 Å². The van der Waals surface area contributed by atoms with E-state index in [1.165, 1.54) is 16.7 Å². The van der Waals surface area contributed by atoms with Crippen LogP contribution in [0.1, 0.15) is 41.0 Å². The molecule has 0 aromatic heterocycles. The zero-order valence-corrected chi connectivity index (χ0v) is 17.6. The summed E-state index contributed by atoms with van der Waals surface area (Å²) >= 11 is 0. The van der Waals surface area contributed by atoms with Gasteiger partial charge in [0.2, 0.25) is 0 Å². The van der Waals surface area contributed by atoms with E-state index in [2.05, 4.69) is 77.8 Å². The van der Waals surface area contributed by atoms with Crippen molar-refractivity contribution in [3.8, 4) is 5.75 Å². The predicted molar refractivity (Wildman–Crippen MR) is 122 cm³/mol. The molecule has 1 aliphatic heterocycles. The van der Waals surface area contributed by atoms with Crippen LogP contribution in [0.3, 0.4) is 0 Å². The number of fused-ring (bicyclic) bond motifs is 1. The molecule has 0 aliphatic carbocycles. The Kier molecular flexibility index (Phi) is 6.94. The molecule has 0 bridgehead atoms. The minimum atomic E-state index is 0. The topological polar surface area (TPSA) is 23.5 Å². The van der Waals surface area contributed by atoms with E-state index in [1.807, 2.05) is 12.1 Å². The van der Waals surface area contributed by atoms with Crippen LogP contribution >= 0.6 is 17.0 Å². The number of halogens is 1. The van der Waals surface area contributed by atoms with E-state index in [0.29, 0.717) is 11.7 Å². The molecule has 3 aromatic carbocycles. The molecule has 3 heteroatoms. The molecule has 0 saturated heterocycles. The number of hydrogen-bond acceptors (Lipinski definition) is 2. The van der Waals surface area contributed by atoms with E-state index in [9.17, 15) is 5.11 Å². The summed E-state index contributed by atoms with van der Waals surface area (Å²) in [6.07, 6.45) is 6.38. The van der Waals surface area contributed by atoms with Gasteiger partial charge in [-0.25, -0.2) is 0 Å². The Bertz CT molecular complexity index is 869. The van der Waals surface area contributed by atoms with Gasteiger partial charge in [0, 0.05) is 30.8 Å². The van der Waals surface area contributed by atoms with Crippen molar-refractivity contribution in [3.05, 3.63) is 107 Å². The molecule has 0 fully saturated rings. The van der Waals surface area contributed by atoms with Crippen LogP contribution < -0.4 is 0 Å². The van der Waals surface area contributed by atoms with Gasteiger partial charge in [-0.1, -0.05) is 72.8 Å². The highest BCUT2D eigenvalue weighted by atomic mass is 79.9. The molecule has 0 radical (unpaired) electrons. The maximum absolute atomic E-state index is 9.97. The van der Waals surface area contributed by atoms with Gasteiger partial charge in [0.15, 0.2) is 0 Å². The third kappa shape index (κ3) is 4.66. The van der Waals surface area contributed by atoms with Gasteiger partial charge in [-0.2, -0.15) is 0 Å². The van der Waals surface area contributed by atoms with Crippen LogP contribution in [0.2, 0.25) is 0 Å². The molecule has 144 valence electrons. The van der Waals surface area contributed by atoms with Crippen molar-refractivity contribution >= 4 is 23.1 Å². The maximum atomic E-state index is 9.97. The lowest BCUT2D eigenvalue weighted by atomic mass is 9.87. The van der Waals surface area contributed by atoms with Crippen molar-refractivity contribution in [1.29, 1.82) is 0 Å². The second kappa shape index (κ2) is 9.61. The molecule has 2 nitrogen and oxygen atoms in total. The van der Waals surface area contributed by atoms with Gasteiger partial charge in [0.05, 0.1) is 0 Å². The highest BCUT2D eigenvalue weighted by Gasteiger charge is 2.16. The van der Waals surface area contributed by atoms with Gasteiger partial charge in [0.25, 0.3) is 0 Å². The van der Waals surface area contributed by atoms with E-state index in [1.54, 1.807) is 6.07 Å². The standard InChI is InChI=1S/C25H25NO.BrH/c27-25-15-7-13-22-19-26(18-16-24(22)25)17-8-14-23(20-9-3-1-4-10-20)21-11-5-2-6-12-21;/h1-7,9-13,15-16,18,23,27H,8,14,17,19H2;1H. The predicted octanol–water partition coefficient (Wildman–Crippen LogP) is 6.37. The summed E-state index contributed by atoms with van der Waals surface area (Å²) in [4.78, 5) is 2.34. The van der Waals surface area contributed by atoms with Crippen LogP contribution in [-0.4, -0.2) is 16.6 Å². The fraction of sp³-hybridized carbons (Fsp3) is 0.200. The normalized spacial score (nSPS) is 12.5. The molecule has 0 amide bonds. The second-order valence-electron chi connectivity index (χ2n) is 7.15. The van der Waals surface area contributed by atoms with Crippen molar-refractivity contribution in [3.63, 3.8) is 0 Å². The SMILES string of the molecule is Br.Oc1cccc2c1C=CN(CCCC(c1ccccc1)c1ccccc1)C2. The molecule has 1 aliphatic rings. The minimum Gasteiger partial charge on any atom is -0.507 e. The van der Waals surface area contributed by atoms with E-state index >= 15 is 0 Å². The zero-order valence-electron chi connectivity index (χ0n) is 15.9. The highest BCUT2D eigenvalue weighted by Crippen LogP contribution is 2.31. The number of phenolic OH excluding ortho intramolecular Hbond substituents is 1. The summed E-state index contributed by atoms with van der Waals surface area (Å²) in [6, 6.07) is 27.4. The van der Waals surface area contributed by atoms with E-state index in [-0.39, 0.29) is 17.0 Å². The molecule has 28 heavy (non-hydrogen) atoms. The summed E-state index contributed by atoms with van der Waals surface area (Å²) in [7, 11) is 0. The van der Waals surface area contributed by atoms with Gasteiger partial charge in [0.1, 0.15) is 5.75 Å². The average Bonchev–Trinajstić information content (AvgIpc) is 2.73. The van der Waals surface area contributed by atoms with Gasteiger partial charge in [-0.15, -0.1) is 17.0 Å². The van der Waals surface area contributed by atoms with Gasteiger partial charge < -0.3 is 10.0 Å². The minimum absolute atomic E-state index is 0. The monoisotopic (exact) mass is 435 g/mol. The number of phenols is 1. The second-order valence-corrected chi connectivity index (χ2v) is 7.15. The van der Waals surface area contributed by atoms with Crippen LogP contribution in [0.15, 0.2) is 85.1 Å². The highest BCUT2D eigenvalue weighted by molar-refractivity contribution is 8.93. The molecule has 1 heterocycles. The number of rotatable bonds is 6. The first-order valence-corrected chi connectivity index (χ1v) is 9.64. The quantitative estimate of drug-likeness (QED) is 0.486. The van der Waals surface area contributed by atoms with Gasteiger partial charge in [-0.05, 0) is 41.7 Å². The molecule has 0 atom stereocenters. The lowest BCUT2D eigenvalue weighted by molar-refractivity contribution is 0.351. The summed E-state index contributed by atoms with van der Waals surface area (Å²) < 4.78 is 0. The lowest BCUT2D eigenvalue weighted by Crippen LogP contribution is -2.21. The summed E-state index contributed by atoms with van der Waals surface area (Å²) in [6.45, 7) is 1.88. The summed E-state index contributed by atoms with van der Waals surface area (Å²) in [5, 5.41) is 9.97. The fourth-order valence-electron chi connectivity index (χ4n) is 3.93. The van der Waals surface area contributed by atoms with Crippen molar-refractivity contribution in [1.82, 2.24) is 4.90 Å². The molecular weight excluding hydrogens is 410 g/mol. The molecule has 4 rings (SSSR count). The third-order valence-electron chi connectivity index (χ3n) is 5.34. The first-order valence-electron chi connectivity index (χ1n) is 9.64. The fourth-order valence-corrected chi connectivity index (χ4v) is 3.93. The average molecular weight is 436 g/mol. The Morgan fingerprint density at radius 2 is 1.46 bits per heavy atom. The number of benzene rings is 3. The first kappa shape index (κ1) is 20.2. The van der Waals surface area contributed by atoms with Crippen molar-refractivity contribution in [2.75, 3.05) is 6.54 Å². The number of aromatic hydroxyl groups is 1. The van der Waals surface area contributed by atoms with Crippen LogP contribution in [0, 0.1) is 0 Å². The van der Waals surface area contributed by atoms with Crippen LogP contribution in [-0.2, 0) is 6.54 Å². The Labute approximate surface area is 177 Å². The number of hydrogen-bond donors (Lipinski definition) is 1. The molecule has 1 N–H and O–H groups in total. The lowest BCUT2D eigenvalue weighted by Gasteiger charge is -2.27. The van der Waals surface area contributed by atoms with Crippen molar-refractivity contribution in [2.45, 2.75) is 25.3 Å². The van der Waals surface area contributed by atoms with E-state index in [4.69, 9.17) is 0 Å². The molecule has 3 aromatic rings. The third-order valence-corrected chi connectivity index (χ3v) is 5.34. The first-order chi connectivity index (χ1) is 13.3. The van der Waals surface area contributed by atoms with Gasteiger partial charge in [-0.3, -0.25) is 0 Å². The van der Waals surface area contributed by atoms with Crippen molar-refractivity contribution < 1.29 is 5.11 Å². The van der Waals surface area contributed by atoms with Crippen LogP contribution in [0.25, 0.3) is 6.08 Å². The Morgan fingerprint density at radius 3 is 2.11 bits per heavy atom. The van der Waals surface area contributed by atoms with Crippen LogP contribution in [0.5, 0.6) is 5.75 Å². The largest absolute Gasteiger partial charge is 0.507 e. The molecular formula is C25H26BrNO. The van der Waals surface area contributed by atoms with E-state index in [0.717, 1.165) is 31.5 Å². The summed E-state index contributed by atoms with van der Waals surface area (Å²) in [5.41, 5.74) is 4.92. The molecule has 0 spiro atoms. The number of nitrogens with zero attached hydrogens (tertiary/aromatic N) is 1. The molecule has 0 saturated carbocycles. The van der Waals surface area contributed by atoms with E-state index < -0.39 is 0 Å². The maximum Gasteiger partial charge on any atom is 0.123 e. The summed E-state index contributed by atoms with van der Waals surface area (Å²) in [5.74, 6) is 0.800. The smallest absolute Gasteiger partial charge is 0.123 e. The Morgan fingerprint density at radius 1 is 0.821 bits per heavy atom. The Balaban J connectivity index is 0.00000225.